The average molecular weight is 306 g/mol. The van der Waals surface area contributed by atoms with Crippen molar-refractivity contribution < 1.29 is 14.3 Å². The van der Waals surface area contributed by atoms with Gasteiger partial charge in [0.2, 0.25) is 0 Å². The monoisotopic (exact) mass is 306 g/mol. The Morgan fingerprint density at radius 3 is 2.38 bits per heavy atom. The third-order valence-corrected chi connectivity index (χ3v) is 7.96. The lowest BCUT2D eigenvalue weighted by Crippen LogP contribution is -2.50. The summed E-state index contributed by atoms with van der Waals surface area (Å²) >= 11 is 0. The molecule has 0 spiro atoms. The van der Waals surface area contributed by atoms with E-state index in [2.05, 4.69) is 49.5 Å². The van der Waals surface area contributed by atoms with Gasteiger partial charge in [0.15, 0.2) is 0 Å². The van der Waals surface area contributed by atoms with Crippen LogP contribution in [-0.2, 0) is 14.3 Å². The number of methoxy groups -OCH3 is 1. The standard InChI is InChI=1S/C17H26O3Si/c1-6-10-17(16(19-3)13-20-14(2)18)21(4,5)15-11-8-7-9-12-15/h6-12,16-17H,13H2,1-5H3/b10-6+/t16-,17-/m1/s1. The number of rotatable bonds is 7. The lowest BCUT2D eigenvalue weighted by molar-refractivity contribution is -0.144. The first-order valence-corrected chi connectivity index (χ1v) is 10.4. The Labute approximate surface area is 129 Å². The Hall–Kier alpha value is -1.39. The van der Waals surface area contributed by atoms with Gasteiger partial charge in [0.25, 0.3) is 0 Å². The molecule has 0 aliphatic heterocycles. The van der Waals surface area contributed by atoms with Crippen LogP contribution in [0.1, 0.15) is 13.8 Å². The van der Waals surface area contributed by atoms with E-state index in [0.29, 0.717) is 6.61 Å². The Balaban J connectivity index is 3.05. The third kappa shape index (κ3) is 4.83. The van der Waals surface area contributed by atoms with Gasteiger partial charge in [-0.25, -0.2) is 0 Å². The third-order valence-electron chi connectivity index (χ3n) is 3.91. The van der Waals surface area contributed by atoms with Crippen LogP contribution in [0.5, 0.6) is 0 Å². The maximum absolute atomic E-state index is 11.1. The summed E-state index contributed by atoms with van der Waals surface area (Å²) in [7, 11) is -0.108. The van der Waals surface area contributed by atoms with E-state index in [4.69, 9.17) is 9.47 Å². The summed E-state index contributed by atoms with van der Waals surface area (Å²) in [4.78, 5) is 11.1. The Morgan fingerprint density at radius 1 is 1.29 bits per heavy atom. The van der Waals surface area contributed by atoms with Crippen LogP contribution in [0.25, 0.3) is 0 Å². The van der Waals surface area contributed by atoms with Gasteiger partial charge >= 0.3 is 5.97 Å². The lowest BCUT2D eigenvalue weighted by Gasteiger charge is -2.35. The van der Waals surface area contributed by atoms with Crippen molar-refractivity contribution in [3.8, 4) is 0 Å². The quantitative estimate of drug-likeness (QED) is 0.441. The molecule has 0 N–H and O–H groups in total. The van der Waals surface area contributed by atoms with Crippen LogP contribution in [-0.4, -0.2) is 33.9 Å². The molecular weight excluding hydrogens is 280 g/mol. The first kappa shape index (κ1) is 17.7. The number of hydrogen-bond donors (Lipinski definition) is 0. The molecule has 0 saturated carbocycles. The van der Waals surface area contributed by atoms with Gasteiger partial charge in [-0.3, -0.25) is 4.79 Å². The molecule has 3 nitrogen and oxygen atoms in total. The molecule has 0 bridgehead atoms. The molecule has 1 aromatic rings. The summed E-state index contributed by atoms with van der Waals surface area (Å²) in [6.45, 7) is 8.39. The maximum atomic E-state index is 11.1. The highest BCUT2D eigenvalue weighted by Gasteiger charge is 2.37. The Kier molecular flexibility index (Phi) is 6.85. The maximum Gasteiger partial charge on any atom is 0.302 e. The molecule has 1 aromatic carbocycles. The van der Waals surface area contributed by atoms with E-state index >= 15 is 0 Å². The van der Waals surface area contributed by atoms with Crippen molar-refractivity contribution in [1.29, 1.82) is 0 Å². The van der Waals surface area contributed by atoms with Crippen LogP contribution in [0.2, 0.25) is 18.6 Å². The van der Waals surface area contributed by atoms with Crippen molar-refractivity contribution in [1.82, 2.24) is 0 Å². The summed E-state index contributed by atoms with van der Waals surface area (Å²) in [6, 6.07) is 10.5. The van der Waals surface area contributed by atoms with Gasteiger partial charge in [0, 0.05) is 19.6 Å². The zero-order valence-corrected chi connectivity index (χ0v) is 14.6. The van der Waals surface area contributed by atoms with E-state index in [1.165, 1.54) is 12.1 Å². The zero-order chi connectivity index (χ0) is 15.9. The predicted molar refractivity (Wildman–Crippen MR) is 89.6 cm³/mol. The molecule has 0 aromatic heterocycles. The van der Waals surface area contributed by atoms with Gasteiger partial charge in [0.1, 0.15) is 6.61 Å². The molecule has 0 fully saturated rings. The summed E-state index contributed by atoms with van der Waals surface area (Å²) in [5.74, 6) is -0.268. The average Bonchev–Trinajstić information content (AvgIpc) is 2.47. The Morgan fingerprint density at radius 2 is 1.90 bits per heavy atom. The van der Waals surface area contributed by atoms with Gasteiger partial charge in [-0.1, -0.05) is 60.8 Å². The highest BCUT2D eigenvalue weighted by atomic mass is 28.3. The first-order valence-electron chi connectivity index (χ1n) is 7.28. The number of carbonyl (C=O) groups excluding carboxylic acids is 1. The van der Waals surface area contributed by atoms with Gasteiger partial charge in [-0.15, -0.1) is 0 Å². The minimum absolute atomic E-state index is 0.119. The van der Waals surface area contributed by atoms with Gasteiger partial charge in [-0.05, 0) is 6.92 Å². The fraction of sp³-hybridized carbons (Fsp3) is 0.471. The predicted octanol–water partition coefficient (Wildman–Crippen LogP) is 3.13. The number of ether oxygens (including phenoxy) is 2. The van der Waals surface area contributed by atoms with Crippen LogP contribution in [0.4, 0.5) is 0 Å². The molecule has 0 amide bonds. The van der Waals surface area contributed by atoms with Crippen LogP contribution < -0.4 is 5.19 Å². The molecule has 0 heterocycles. The summed E-state index contributed by atoms with van der Waals surface area (Å²) in [5.41, 5.74) is 0.245. The van der Waals surface area contributed by atoms with Crippen molar-refractivity contribution in [3.05, 3.63) is 42.5 Å². The molecule has 0 saturated heterocycles. The van der Waals surface area contributed by atoms with Crippen molar-refractivity contribution in [2.45, 2.75) is 38.6 Å². The summed E-state index contributed by atoms with van der Waals surface area (Å²) in [6.07, 6.45) is 4.13. The van der Waals surface area contributed by atoms with Crippen LogP contribution in [0.3, 0.4) is 0 Å². The van der Waals surface area contributed by atoms with E-state index in [9.17, 15) is 4.79 Å². The molecule has 0 aliphatic carbocycles. The smallest absolute Gasteiger partial charge is 0.302 e. The zero-order valence-electron chi connectivity index (χ0n) is 13.6. The van der Waals surface area contributed by atoms with E-state index in [-0.39, 0.29) is 17.6 Å². The van der Waals surface area contributed by atoms with Crippen LogP contribution in [0.15, 0.2) is 42.5 Å². The van der Waals surface area contributed by atoms with Crippen molar-refractivity contribution in [2.75, 3.05) is 13.7 Å². The highest BCUT2D eigenvalue weighted by Crippen LogP contribution is 2.29. The first-order chi connectivity index (χ1) is 9.93. The van der Waals surface area contributed by atoms with Crippen molar-refractivity contribution in [3.63, 3.8) is 0 Å². The van der Waals surface area contributed by atoms with Crippen molar-refractivity contribution >= 4 is 19.2 Å². The topological polar surface area (TPSA) is 35.5 Å². The molecule has 116 valence electrons. The highest BCUT2D eigenvalue weighted by molar-refractivity contribution is 6.91. The second-order valence-electron chi connectivity index (χ2n) is 5.72. The number of esters is 1. The molecular formula is C17H26O3Si. The molecule has 2 atom stereocenters. The van der Waals surface area contributed by atoms with E-state index < -0.39 is 8.07 Å². The minimum atomic E-state index is -1.79. The fourth-order valence-corrected chi connectivity index (χ4v) is 5.89. The number of allylic oxidation sites excluding steroid dienone is 1. The molecule has 4 heteroatoms. The fourth-order valence-electron chi connectivity index (χ4n) is 2.61. The van der Waals surface area contributed by atoms with E-state index in [1.807, 2.05) is 13.0 Å². The van der Waals surface area contributed by atoms with Gasteiger partial charge in [0.05, 0.1) is 14.2 Å². The number of hydrogen-bond acceptors (Lipinski definition) is 3. The summed E-state index contributed by atoms with van der Waals surface area (Å²) < 4.78 is 10.8. The SMILES string of the molecule is C/C=C/[C@H]([C@@H](COC(C)=O)OC)[Si](C)(C)c1ccccc1. The van der Waals surface area contributed by atoms with E-state index in [0.717, 1.165) is 0 Å². The minimum Gasteiger partial charge on any atom is -0.463 e. The van der Waals surface area contributed by atoms with Crippen LogP contribution in [0, 0.1) is 0 Å². The van der Waals surface area contributed by atoms with Gasteiger partial charge in [-0.2, -0.15) is 0 Å². The van der Waals surface area contributed by atoms with Crippen LogP contribution >= 0.6 is 0 Å². The normalized spacial score (nSPS) is 14.9. The number of benzene rings is 1. The van der Waals surface area contributed by atoms with Gasteiger partial charge < -0.3 is 9.47 Å². The largest absolute Gasteiger partial charge is 0.463 e. The van der Waals surface area contributed by atoms with Crippen molar-refractivity contribution in [2.24, 2.45) is 0 Å². The summed E-state index contributed by atoms with van der Waals surface area (Å²) in [5, 5.41) is 1.37. The molecule has 0 unspecified atom stereocenters. The molecule has 0 radical (unpaired) electrons. The lowest BCUT2D eigenvalue weighted by atomic mass is 10.2. The van der Waals surface area contributed by atoms with E-state index in [1.54, 1.807) is 7.11 Å². The second-order valence-corrected chi connectivity index (χ2v) is 10.4. The second kappa shape index (κ2) is 8.15. The molecule has 21 heavy (non-hydrogen) atoms. The molecule has 1 rings (SSSR count). The Bertz CT molecular complexity index is 468. The molecule has 0 aliphatic rings. The number of carbonyl (C=O) groups is 1.